The van der Waals surface area contributed by atoms with Gasteiger partial charge in [0.15, 0.2) is 10.2 Å². The number of nitrogens with zero attached hydrogens (tertiary/aromatic N) is 6. The molecule has 0 N–H and O–H groups in total. The third-order valence-electron chi connectivity index (χ3n) is 14.2. The molecule has 15 heteroatoms. The quantitative estimate of drug-likeness (QED) is 0.0206. The second kappa shape index (κ2) is 36.3. The molecule has 0 amide bonds. The maximum Gasteiger partial charge on any atom is 2.00 e. The molecule has 0 saturated heterocycles. The van der Waals surface area contributed by atoms with Crippen LogP contribution in [-0.2, 0) is 58.4 Å². The summed E-state index contributed by atoms with van der Waals surface area (Å²) in [5.41, 5.74) is 11.2. The molecule has 81 heavy (non-hydrogen) atoms. The van der Waals surface area contributed by atoms with Crippen molar-refractivity contribution in [1.82, 2.24) is 29.5 Å². The fraction of sp³-hybridized carbons (Fsp3) is 0.470. The minimum absolute atomic E-state index is 0. The molecule has 0 aliphatic carbocycles. The van der Waals surface area contributed by atoms with E-state index in [2.05, 4.69) is 73.9 Å². The van der Waals surface area contributed by atoms with Crippen LogP contribution in [-0.4, -0.2) is 80.9 Å². The summed E-state index contributed by atoms with van der Waals surface area (Å²) in [4.78, 5) is 49.1. The number of aryl methyl sites for hydroxylation is 3. The van der Waals surface area contributed by atoms with Gasteiger partial charge in [0.05, 0.1) is 49.2 Å². The number of ether oxygens (including phenoxy) is 4. The number of unbranched alkanes of at least 4 members (excludes halogenated alkanes) is 14. The largest absolute Gasteiger partial charge is 2.00 e. The molecular weight excluding hydrogens is 1100 g/mol. The van der Waals surface area contributed by atoms with Crippen molar-refractivity contribution in [2.45, 2.75) is 142 Å². The molecule has 428 valence electrons. The molecule has 0 radical (unpaired) electrons. The average molecular weight is 1190 g/mol. The Kier molecular flexibility index (Phi) is 29.1. The van der Waals surface area contributed by atoms with Gasteiger partial charge in [-0.05, 0) is 110 Å². The molecule has 0 saturated carbocycles. The summed E-state index contributed by atoms with van der Waals surface area (Å²) in [6.07, 6.45) is 36.9. The zero-order valence-electron chi connectivity index (χ0n) is 48.5. The Bertz CT molecular complexity index is 2960. The van der Waals surface area contributed by atoms with Crippen molar-refractivity contribution in [3.8, 4) is 34.0 Å². The van der Waals surface area contributed by atoms with Crippen LogP contribution in [0.4, 0.5) is 0 Å². The van der Waals surface area contributed by atoms with Gasteiger partial charge in [0, 0.05) is 69.6 Å². The number of rotatable bonds is 38. The molecule has 2 aliphatic heterocycles. The fourth-order valence-corrected chi connectivity index (χ4v) is 11.4. The van der Waals surface area contributed by atoms with Crippen LogP contribution < -0.4 is 19.4 Å². The Hall–Kier alpha value is -5.31. The van der Waals surface area contributed by atoms with E-state index < -0.39 is 0 Å². The Labute approximate surface area is 503 Å². The SMILES string of the molecule is C=CCOCCCc1c2nc(c(-c3nccn3C)c3ccc([n-]3)c(CCCOCC=C)c3nc(c(-c4cc(OCCCCCCCCCCSC(C)=O)cc(OCCCCCCCCCCSC(C)=O)c4)c4ccc1[n-]4)C=C3)C=C2.[Zn+2]. The maximum absolute atomic E-state index is 11.3. The number of thioether (sulfide) groups is 2. The van der Waals surface area contributed by atoms with Gasteiger partial charge in [0.25, 0.3) is 0 Å². The van der Waals surface area contributed by atoms with Crippen molar-refractivity contribution in [1.29, 1.82) is 0 Å². The topological polar surface area (TPSA) is 143 Å². The van der Waals surface area contributed by atoms with Crippen LogP contribution in [0.3, 0.4) is 0 Å². The molecule has 1 aromatic carbocycles. The number of hydrogen-bond acceptors (Lipinski definition) is 11. The van der Waals surface area contributed by atoms with Crippen molar-refractivity contribution in [2.24, 2.45) is 7.05 Å². The van der Waals surface area contributed by atoms with E-state index in [9.17, 15) is 9.59 Å². The minimum atomic E-state index is 0. The summed E-state index contributed by atoms with van der Waals surface area (Å²) in [7, 11) is 2.00. The number of carbonyl (C=O) groups is 2. The van der Waals surface area contributed by atoms with E-state index in [-0.39, 0.29) is 29.7 Å². The van der Waals surface area contributed by atoms with Gasteiger partial charge in [-0.25, -0.2) is 15.0 Å². The fourth-order valence-electron chi connectivity index (χ4n) is 10.1. The van der Waals surface area contributed by atoms with Crippen LogP contribution in [0.2, 0.25) is 0 Å². The van der Waals surface area contributed by atoms with Crippen molar-refractivity contribution in [3.05, 3.63) is 114 Å². The molecule has 2 aliphatic rings. The van der Waals surface area contributed by atoms with Gasteiger partial charge in [-0.2, -0.15) is 0 Å². The molecule has 5 aromatic rings. The number of fused-ring (bicyclic) bond motifs is 8. The summed E-state index contributed by atoms with van der Waals surface area (Å²) in [5.74, 6) is 4.13. The molecule has 7 rings (SSSR count). The van der Waals surface area contributed by atoms with Gasteiger partial charge in [-0.15, -0.1) is 35.2 Å². The van der Waals surface area contributed by atoms with Crippen LogP contribution in [0.1, 0.15) is 163 Å². The van der Waals surface area contributed by atoms with Gasteiger partial charge in [-0.3, -0.25) is 9.59 Å². The number of carbonyl (C=O) groups excluding carboxylic acids is 2. The van der Waals surface area contributed by atoms with E-state index in [1.807, 2.05) is 30.1 Å². The van der Waals surface area contributed by atoms with E-state index in [0.29, 0.717) is 52.5 Å². The summed E-state index contributed by atoms with van der Waals surface area (Å²) in [5, 5.41) is 0.414. The Balaban J connectivity index is 0.0000106. The first-order valence-corrected chi connectivity index (χ1v) is 31.3. The minimum Gasteiger partial charge on any atom is -0.657 e. The Morgan fingerprint density at radius 2 is 0.963 bits per heavy atom. The van der Waals surface area contributed by atoms with E-state index in [0.717, 1.165) is 153 Å². The molecule has 0 unspecified atom stereocenters. The van der Waals surface area contributed by atoms with Crippen LogP contribution in [0, 0.1) is 0 Å². The predicted molar refractivity (Wildman–Crippen MR) is 334 cm³/mol. The van der Waals surface area contributed by atoms with Crippen molar-refractivity contribution in [2.75, 3.05) is 51.1 Å². The summed E-state index contributed by atoms with van der Waals surface area (Å²) >= 11 is 2.87. The van der Waals surface area contributed by atoms with E-state index in [1.54, 1.807) is 26.0 Å². The van der Waals surface area contributed by atoms with Crippen molar-refractivity contribution >= 4 is 80.1 Å². The summed E-state index contributed by atoms with van der Waals surface area (Å²) in [6.45, 7) is 14.3. The van der Waals surface area contributed by atoms with E-state index in [4.69, 9.17) is 43.9 Å². The molecule has 0 atom stereocenters. The van der Waals surface area contributed by atoms with Crippen LogP contribution in [0.25, 0.3) is 68.9 Å². The van der Waals surface area contributed by atoms with Gasteiger partial charge in [-0.1, -0.05) is 137 Å². The van der Waals surface area contributed by atoms with E-state index in [1.165, 1.54) is 87.7 Å². The molecule has 0 fully saturated rings. The van der Waals surface area contributed by atoms with Gasteiger partial charge >= 0.3 is 19.5 Å². The van der Waals surface area contributed by atoms with Gasteiger partial charge in [0.2, 0.25) is 0 Å². The number of aromatic nitrogens is 6. The zero-order valence-corrected chi connectivity index (χ0v) is 53.1. The second-order valence-electron chi connectivity index (χ2n) is 20.6. The first-order valence-electron chi connectivity index (χ1n) is 29.3. The summed E-state index contributed by atoms with van der Waals surface area (Å²) < 4.78 is 27.1. The molecule has 4 aromatic heterocycles. The molecule has 8 bridgehead atoms. The second-order valence-corrected chi connectivity index (χ2v) is 23.1. The number of benzene rings is 1. The van der Waals surface area contributed by atoms with Crippen LogP contribution >= 0.6 is 23.5 Å². The average Bonchev–Trinajstić information content (AvgIpc) is 4.41. The molecule has 0 spiro atoms. The standard InChI is InChI=1S/C66H84N6O6S2.Zn/c1-6-38-75-40-24-26-54-56-28-32-60(68-56)64(61-33-29-57(69-61)55(27-25-41-76-39-7-2)59-31-35-63(71-59)65(62-34-30-58(54)70-62)66-67-36-37-72(66)5)51-46-52(77-42-20-16-12-8-10-14-18-22-44-79-49(3)73)48-53(47-51)78-43-21-17-13-9-11-15-19-23-45-80-50(4)74;/h6-7,28-37,46-48H,1-2,8-27,38-45H2,3-5H3;/q-2;+2. The Morgan fingerprint density at radius 3 is 1.41 bits per heavy atom. The van der Waals surface area contributed by atoms with Crippen LogP contribution in [0.5, 0.6) is 11.5 Å². The summed E-state index contributed by atoms with van der Waals surface area (Å²) in [6, 6.07) is 14.7. The number of hydrogen-bond donors (Lipinski definition) is 0. The Morgan fingerprint density at radius 1 is 0.543 bits per heavy atom. The molecule has 6 heterocycles. The van der Waals surface area contributed by atoms with Crippen LogP contribution in [0.15, 0.2) is 80.2 Å². The molecule has 12 nitrogen and oxygen atoms in total. The van der Waals surface area contributed by atoms with Gasteiger partial charge in [0.1, 0.15) is 17.3 Å². The molecular formula is C66H84N6O6S2Zn. The first kappa shape index (κ1) is 64.9. The predicted octanol–water partition coefficient (Wildman–Crippen LogP) is 15.8. The smallest absolute Gasteiger partial charge is 0.657 e. The van der Waals surface area contributed by atoms with Crippen molar-refractivity contribution in [3.63, 3.8) is 0 Å². The van der Waals surface area contributed by atoms with Crippen molar-refractivity contribution < 1.29 is 48.0 Å². The third kappa shape index (κ3) is 21.1. The van der Waals surface area contributed by atoms with E-state index >= 15 is 0 Å². The third-order valence-corrected chi connectivity index (χ3v) is 16.0. The van der Waals surface area contributed by atoms with Gasteiger partial charge < -0.3 is 33.5 Å². The zero-order chi connectivity index (χ0) is 56.2. The monoisotopic (exact) mass is 1180 g/mol. The first-order chi connectivity index (χ1) is 39.2. The maximum atomic E-state index is 11.3. The number of imidazole rings is 1. The normalized spacial score (nSPS) is 11.7.